The number of hydrogen-bond donors (Lipinski definition) is 0. The molecule has 2 amide bonds. The highest BCUT2D eigenvalue weighted by Gasteiger charge is 2.63. The first-order chi connectivity index (χ1) is 33.8. The van der Waals surface area contributed by atoms with Gasteiger partial charge in [-0.1, -0.05) is 6.07 Å². The fourth-order valence-corrected chi connectivity index (χ4v) is 6.74. The van der Waals surface area contributed by atoms with Gasteiger partial charge in [0.2, 0.25) is 0 Å². The van der Waals surface area contributed by atoms with Gasteiger partial charge in [-0.2, -0.15) is 0 Å². The Labute approximate surface area is 450 Å². The van der Waals surface area contributed by atoms with Gasteiger partial charge in [0.1, 0.15) is 34.3 Å². The minimum absolute atomic E-state index is 0.353. The fourth-order valence-electron chi connectivity index (χ4n) is 6.50. The van der Waals surface area contributed by atoms with Gasteiger partial charge in [-0.25, -0.2) is 18.4 Å². The Balaban J connectivity index is 0.000000305. The molecule has 2 aromatic carbocycles. The average Bonchev–Trinajstić information content (AvgIpc) is 3.72. The lowest BCUT2D eigenvalue weighted by atomic mass is 9.49. The third-order valence-corrected chi connectivity index (χ3v) is 13.7. The van der Waals surface area contributed by atoms with Crippen LogP contribution >= 0.6 is 15.9 Å². The van der Waals surface area contributed by atoms with Gasteiger partial charge >= 0.3 is 33.3 Å². The minimum Gasteiger partial charge on any atom is -0.493 e. The van der Waals surface area contributed by atoms with Crippen LogP contribution in [0.25, 0.3) is 0 Å². The second-order valence-electron chi connectivity index (χ2n) is 23.5. The van der Waals surface area contributed by atoms with E-state index in [9.17, 15) is 18.4 Å². The molecule has 3 aliphatic rings. The number of amides is 2. The fraction of sp³-hybridized carbons (Fsp3) is 0.731. The molecule has 3 fully saturated rings. The molecule has 3 heterocycles. The zero-order valence-electron chi connectivity index (χ0n) is 48.0. The summed E-state index contributed by atoms with van der Waals surface area (Å²) in [4.78, 5) is 26.5. The standard InChI is InChI=1S/C23H37BFNO6.C17H25BrFNO4.C12H24B2O4/c1-21(2,3)30-20(27)26(8)12-15-28-13-9-14-29-17-10-11-18(19(25)16-17)24-31-22(4,5)23(6,7)32-24;1-17(2,3)24-16(21)20(4)8-11-22-9-5-10-23-13-6-7-14(18)15(19)12-13;1-9(2)10(3,4)16-13(15-9)14-17-11(5,6)12(7,8)18-14/h10-11,16H,9,12-15H2,1-8H3;6-7,12H,5,8-11H2,1-4H3;1-8H3. The molecule has 3 aliphatic heterocycles. The second kappa shape index (κ2) is 26.4. The highest BCUT2D eigenvalue weighted by atomic mass is 79.9. The molecule has 5 rings (SSSR count). The van der Waals surface area contributed by atoms with Crippen LogP contribution in [-0.2, 0) is 46.9 Å². The molecule has 0 unspecified atom stereocenters. The van der Waals surface area contributed by atoms with Crippen LogP contribution in [0.2, 0.25) is 0 Å². The SMILES string of the molecule is CC1(C)OB(B2OC(C)(C)C(C)(C)O2)OC1(C)C.CN(CCOCCCOc1ccc(B2OC(C)(C)C(C)(C)O2)c(F)c1)C(=O)OC(C)(C)C.CN(CCOCCCOc1ccc(Br)c(F)c1)C(=O)OC(C)(C)C. The van der Waals surface area contributed by atoms with E-state index in [1.54, 1.807) is 38.4 Å². The summed E-state index contributed by atoms with van der Waals surface area (Å²) in [6, 6.07) is 9.32. The number of carbonyl (C=O) groups excluding carboxylic acids is 2. The van der Waals surface area contributed by atoms with Crippen LogP contribution in [0.5, 0.6) is 11.5 Å². The number of benzene rings is 2. The number of halogens is 3. The predicted molar refractivity (Wildman–Crippen MR) is 288 cm³/mol. The Bertz CT molecular complexity index is 2040. The number of ether oxygens (including phenoxy) is 6. The Kier molecular flexibility index (Phi) is 23.2. The van der Waals surface area contributed by atoms with E-state index in [0.717, 1.165) is 0 Å². The van der Waals surface area contributed by atoms with E-state index in [4.69, 9.17) is 56.3 Å². The van der Waals surface area contributed by atoms with Crippen LogP contribution in [0.15, 0.2) is 40.9 Å². The van der Waals surface area contributed by atoms with Crippen molar-refractivity contribution in [3.8, 4) is 11.5 Å². The summed E-state index contributed by atoms with van der Waals surface area (Å²) in [6.07, 6.45) is 0.562. The van der Waals surface area contributed by atoms with Crippen LogP contribution in [0.3, 0.4) is 0 Å². The van der Waals surface area contributed by atoms with Crippen molar-refractivity contribution < 1.29 is 74.7 Å². The van der Waals surface area contributed by atoms with Crippen LogP contribution in [0, 0.1) is 11.6 Å². The Morgan fingerprint density at radius 2 is 0.865 bits per heavy atom. The summed E-state index contributed by atoms with van der Waals surface area (Å²) in [6.45, 7) is 38.4. The molecular formula is C52H86B3BrF2N2O14. The van der Waals surface area contributed by atoms with E-state index < -0.39 is 49.4 Å². The molecule has 2 aromatic rings. The third kappa shape index (κ3) is 20.0. The highest BCUT2D eigenvalue weighted by Crippen LogP contribution is 2.43. The van der Waals surface area contributed by atoms with Gasteiger partial charge in [0, 0.05) is 70.8 Å². The lowest BCUT2D eigenvalue weighted by Crippen LogP contribution is -2.41. The Morgan fingerprint density at radius 1 is 0.527 bits per heavy atom. The Hall–Kier alpha value is -3.21. The summed E-state index contributed by atoms with van der Waals surface area (Å²) in [7, 11) is 1.64. The maximum atomic E-state index is 14.6. The molecule has 0 aliphatic carbocycles. The number of nitrogens with zero attached hydrogens (tertiary/aromatic N) is 2. The second-order valence-corrected chi connectivity index (χ2v) is 24.4. The highest BCUT2D eigenvalue weighted by molar-refractivity contribution is 9.10. The van der Waals surface area contributed by atoms with Crippen LogP contribution in [0.4, 0.5) is 18.4 Å². The van der Waals surface area contributed by atoms with Crippen molar-refractivity contribution in [1.29, 1.82) is 0 Å². The summed E-state index contributed by atoms with van der Waals surface area (Å²) in [5.74, 6) is 0.143. The third-order valence-electron chi connectivity index (χ3n) is 13.1. The molecule has 0 radical (unpaired) electrons. The van der Waals surface area contributed by atoms with Crippen molar-refractivity contribution in [2.75, 3.05) is 66.8 Å². The van der Waals surface area contributed by atoms with Crippen molar-refractivity contribution in [3.63, 3.8) is 0 Å². The zero-order chi connectivity index (χ0) is 56.3. The maximum Gasteiger partial charge on any atom is 0.497 e. The van der Waals surface area contributed by atoms with Gasteiger partial charge in [0.15, 0.2) is 0 Å². The van der Waals surface area contributed by atoms with E-state index in [2.05, 4.69) is 15.9 Å². The van der Waals surface area contributed by atoms with E-state index in [0.29, 0.717) is 87.0 Å². The van der Waals surface area contributed by atoms with Gasteiger partial charge in [-0.05, 0) is 159 Å². The number of rotatable bonds is 18. The van der Waals surface area contributed by atoms with Gasteiger partial charge in [0.05, 0.1) is 64.5 Å². The van der Waals surface area contributed by atoms with Crippen molar-refractivity contribution in [2.24, 2.45) is 0 Å². The molecular weight excluding hydrogens is 1030 g/mol. The maximum absolute atomic E-state index is 14.6. The molecule has 418 valence electrons. The predicted octanol–water partition coefficient (Wildman–Crippen LogP) is 10.3. The zero-order valence-corrected chi connectivity index (χ0v) is 49.6. The summed E-state index contributed by atoms with van der Waals surface area (Å²) < 4.78 is 96.6. The molecule has 16 nitrogen and oxygen atoms in total. The normalized spacial score (nSPS) is 18.9. The molecule has 0 aromatic heterocycles. The van der Waals surface area contributed by atoms with Crippen molar-refractivity contribution in [2.45, 2.75) is 182 Å². The lowest BCUT2D eigenvalue weighted by molar-refractivity contribution is 0.00578. The monoisotopic (exact) mass is 1110 g/mol. The van der Waals surface area contributed by atoms with Gasteiger partial charge < -0.3 is 66.1 Å². The largest absolute Gasteiger partial charge is 0.497 e. The first kappa shape index (κ1) is 65.1. The molecule has 0 bridgehead atoms. The van der Waals surface area contributed by atoms with Crippen molar-refractivity contribution >= 4 is 54.7 Å². The van der Waals surface area contributed by atoms with Gasteiger partial charge in [0.25, 0.3) is 0 Å². The number of hydrogen-bond acceptors (Lipinski definition) is 14. The van der Waals surface area contributed by atoms with E-state index in [-0.39, 0.29) is 40.4 Å². The van der Waals surface area contributed by atoms with Gasteiger partial charge in [-0.15, -0.1) is 0 Å². The average molecular weight is 1110 g/mol. The van der Waals surface area contributed by atoms with Crippen molar-refractivity contribution in [3.05, 3.63) is 52.5 Å². The molecule has 0 saturated carbocycles. The molecule has 74 heavy (non-hydrogen) atoms. The molecule has 22 heteroatoms. The topological polar surface area (TPSA) is 151 Å². The van der Waals surface area contributed by atoms with E-state index >= 15 is 0 Å². The molecule has 0 N–H and O–H groups in total. The van der Waals surface area contributed by atoms with E-state index in [1.807, 2.05) is 125 Å². The van der Waals surface area contributed by atoms with E-state index in [1.165, 1.54) is 21.9 Å². The summed E-state index contributed by atoms with van der Waals surface area (Å²) >= 11 is 3.09. The first-order valence-electron chi connectivity index (χ1n) is 25.4. The molecule has 0 spiro atoms. The lowest BCUT2D eigenvalue weighted by Gasteiger charge is -2.32. The Morgan fingerprint density at radius 3 is 1.20 bits per heavy atom. The quantitative estimate of drug-likeness (QED) is 0.103. The summed E-state index contributed by atoms with van der Waals surface area (Å²) in [5.41, 5.74) is -3.16. The van der Waals surface area contributed by atoms with Gasteiger partial charge in [-0.3, -0.25) is 0 Å². The smallest absolute Gasteiger partial charge is 0.493 e. The summed E-state index contributed by atoms with van der Waals surface area (Å²) in [5, 5.41) is 0. The van der Waals surface area contributed by atoms with Crippen molar-refractivity contribution in [1.82, 2.24) is 9.80 Å². The minimum atomic E-state index is -0.749. The van der Waals surface area contributed by atoms with Crippen LogP contribution < -0.4 is 14.9 Å². The molecule has 3 saturated heterocycles. The number of likely N-dealkylation sites (N-methyl/N-ethyl adjacent to an activating group) is 2. The van der Waals surface area contributed by atoms with Crippen LogP contribution in [-0.4, -0.2) is 155 Å². The van der Waals surface area contributed by atoms with Crippen LogP contribution in [0.1, 0.15) is 137 Å². The first-order valence-corrected chi connectivity index (χ1v) is 26.2. The number of carbonyl (C=O) groups is 2. The molecule has 0 atom stereocenters.